The van der Waals surface area contributed by atoms with Crippen LogP contribution >= 0.6 is 11.3 Å². The minimum Gasteiger partial charge on any atom is -0.309 e. The summed E-state index contributed by atoms with van der Waals surface area (Å²) < 4.78 is 0. The molecular weight excluding hydrogens is 276 g/mol. The lowest BCUT2D eigenvalue weighted by atomic mass is 9.84. The van der Waals surface area contributed by atoms with Crippen molar-refractivity contribution in [2.45, 2.75) is 71.0 Å². The van der Waals surface area contributed by atoms with Crippen molar-refractivity contribution in [1.29, 1.82) is 0 Å². The Morgan fingerprint density at radius 2 is 2.29 bits per heavy atom. The van der Waals surface area contributed by atoms with Gasteiger partial charge in [0.25, 0.3) is 0 Å². The first-order chi connectivity index (χ1) is 10.0. The summed E-state index contributed by atoms with van der Waals surface area (Å²) in [5.41, 5.74) is 1.91. The number of hydrogen-bond acceptors (Lipinski definition) is 3. The summed E-state index contributed by atoms with van der Waals surface area (Å²) in [6.07, 6.45) is 5.20. The molecule has 0 amide bonds. The fraction of sp³-hybridized carbons (Fsp3) is 0.778. The van der Waals surface area contributed by atoms with Crippen molar-refractivity contribution in [3.8, 4) is 0 Å². The van der Waals surface area contributed by atoms with E-state index in [1.165, 1.54) is 32.2 Å². The minimum absolute atomic E-state index is 0.277. The van der Waals surface area contributed by atoms with E-state index in [1.807, 2.05) is 11.3 Å². The standard InChI is InChI=1S/C18H30N2S/c1-5-18(4)12-20(16(11-19-18)13(2)3)15-7-6-8-17-14(15)9-10-21-17/h9-10,13,15-16,19H,5-8,11-12H2,1-4H3. The van der Waals surface area contributed by atoms with Gasteiger partial charge in [-0.05, 0) is 55.5 Å². The minimum atomic E-state index is 0.277. The molecule has 0 spiro atoms. The first kappa shape index (κ1) is 15.5. The van der Waals surface area contributed by atoms with Crippen molar-refractivity contribution >= 4 is 11.3 Å². The number of nitrogens with zero attached hydrogens (tertiary/aromatic N) is 1. The van der Waals surface area contributed by atoms with Gasteiger partial charge in [-0.3, -0.25) is 4.90 Å². The molecule has 118 valence electrons. The normalized spacial score (nSPS) is 34.1. The van der Waals surface area contributed by atoms with E-state index in [9.17, 15) is 0 Å². The van der Waals surface area contributed by atoms with Crippen LogP contribution in [0.15, 0.2) is 11.4 Å². The zero-order valence-electron chi connectivity index (χ0n) is 14.0. The highest BCUT2D eigenvalue weighted by Crippen LogP contribution is 2.40. The maximum Gasteiger partial charge on any atom is 0.0363 e. The van der Waals surface area contributed by atoms with Crippen molar-refractivity contribution in [3.05, 3.63) is 21.9 Å². The first-order valence-electron chi connectivity index (χ1n) is 8.61. The number of nitrogens with one attached hydrogen (secondary N) is 1. The van der Waals surface area contributed by atoms with Gasteiger partial charge in [0.05, 0.1) is 0 Å². The van der Waals surface area contributed by atoms with E-state index in [0.29, 0.717) is 18.0 Å². The fourth-order valence-corrected chi connectivity index (χ4v) is 5.03. The number of rotatable bonds is 3. The van der Waals surface area contributed by atoms with Crippen molar-refractivity contribution in [1.82, 2.24) is 10.2 Å². The van der Waals surface area contributed by atoms with Gasteiger partial charge in [0.2, 0.25) is 0 Å². The van der Waals surface area contributed by atoms with Gasteiger partial charge in [-0.25, -0.2) is 0 Å². The third kappa shape index (κ3) is 2.93. The van der Waals surface area contributed by atoms with Crippen molar-refractivity contribution in [2.24, 2.45) is 5.92 Å². The summed E-state index contributed by atoms with van der Waals surface area (Å²) in [7, 11) is 0. The van der Waals surface area contributed by atoms with E-state index in [0.717, 1.165) is 6.54 Å². The number of fused-ring (bicyclic) bond motifs is 1. The average Bonchev–Trinajstić information content (AvgIpc) is 2.95. The zero-order chi connectivity index (χ0) is 15.0. The number of piperazine rings is 1. The number of aryl methyl sites for hydroxylation is 1. The Morgan fingerprint density at radius 1 is 1.48 bits per heavy atom. The summed E-state index contributed by atoms with van der Waals surface area (Å²) in [5.74, 6) is 0.711. The van der Waals surface area contributed by atoms with Gasteiger partial charge >= 0.3 is 0 Å². The molecule has 1 aromatic heterocycles. The predicted octanol–water partition coefficient (Wildman–Crippen LogP) is 4.22. The van der Waals surface area contributed by atoms with E-state index in [4.69, 9.17) is 0 Å². The molecule has 0 saturated carbocycles. The molecular formula is C18H30N2S. The maximum absolute atomic E-state index is 3.82. The maximum atomic E-state index is 3.82. The van der Waals surface area contributed by atoms with Gasteiger partial charge in [0.15, 0.2) is 0 Å². The van der Waals surface area contributed by atoms with Gasteiger partial charge in [0, 0.05) is 35.6 Å². The Morgan fingerprint density at radius 3 is 3.00 bits per heavy atom. The highest BCUT2D eigenvalue weighted by molar-refractivity contribution is 7.10. The first-order valence-corrected chi connectivity index (χ1v) is 9.49. The Labute approximate surface area is 133 Å². The Kier molecular flexibility index (Phi) is 4.45. The van der Waals surface area contributed by atoms with Crippen LogP contribution in [0.3, 0.4) is 0 Å². The molecule has 2 aliphatic rings. The Hall–Kier alpha value is -0.380. The SMILES string of the molecule is CCC1(C)CN(C2CCCc3sccc32)C(C(C)C)CN1. The number of thiophene rings is 1. The lowest BCUT2D eigenvalue weighted by molar-refractivity contribution is 0.0180. The molecule has 21 heavy (non-hydrogen) atoms. The van der Waals surface area contributed by atoms with Crippen LogP contribution in [0.1, 0.15) is 63.4 Å². The molecule has 1 N–H and O–H groups in total. The second kappa shape index (κ2) is 6.02. The molecule has 1 saturated heterocycles. The van der Waals surface area contributed by atoms with Crippen LogP contribution in [-0.4, -0.2) is 29.6 Å². The molecule has 3 unspecified atom stereocenters. The van der Waals surface area contributed by atoms with Gasteiger partial charge in [0.1, 0.15) is 0 Å². The van der Waals surface area contributed by atoms with E-state index in [-0.39, 0.29) is 5.54 Å². The quantitative estimate of drug-likeness (QED) is 0.899. The van der Waals surface area contributed by atoms with Crippen LogP contribution in [0.4, 0.5) is 0 Å². The fourth-order valence-electron chi connectivity index (χ4n) is 4.05. The highest BCUT2D eigenvalue weighted by atomic mass is 32.1. The molecule has 2 nitrogen and oxygen atoms in total. The molecule has 1 aliphatic carbocycles. The second-order valence-corrected chi connectivity index (χ2v) is 8.49. The van der Waals surface area contributed by atoms with Crippen molar-refractivity contribution in [2.75, 3.05) is 13.1 Å². The molecule has 0 aromatic carbocycles. The molecule has 1 fully saturated rings. The van der Waals surface area contributed by atoms with Crippen LogP contribution in [-0.2, 0) is 6.42 Å². The molecule has 2 heterocycles. The van der Waals surface area contributed by atoms with E-state index in [2.05, 4.69) is 49.4 Å². The highest BCUT2D eigenvalue weighted by Gasteiger charge is 2.40. The summed E-state index contributed by atoms with van der Waals surface area (Å²) >= 11 is 1.97. The molecule has 1 aliphatic heterocycles. The van der Waals surface area contributed by atoms with Crippen LogP contribution < -0.4 is 5.32 Å². The number of hydrogen-bond donors (Lipinski definition) is 1. The van der Waals surface area contributed by atoms with Gasteiger partial charge in [-0.15, -0.1) is 11.3 Å². The van der Waals surface area contributed by atoms with Crippen LogP contribution in [0.5, 0.6) is 0 Å². The lowest BCUT2D eigenvalue weighted by Crippen LogP contribution is -2.64. The summed E-state index contributed by atoms with van der Waals surface area (Å²) in [6, 6.07) is 3.72. The third-order valence-electron chi connectivity index (χ3n) is 5.67. The monoisotopic (exact) mass is 306 g/mol. The van der Waals surface area contributed by atoms with E-state index < -0.39 is 0 Å². The summed E-state index contributed by atoms with van der Waals surface area (Å²) in [4.78, 5) is 4.49. The van der Waals surface area contributed by atoms with Crippen LogP contribution in [0.2, 0.25) is 0 Å². The second-order valence-electron chi connectivity index (χ2n) is 7.49. The van der Waals surface area contributed by atoms with Gasteiger partial charge in [-0.1, -0.05) is 20.8 Å². The molecule has 3 rings (SSSR count). The van der Waals surface area contributed by atoms with Crippen LogP contribution in [0, 0.1) is 5.92 Å². The van der Waals surface area contributed by atoms with Gasteiger partial charge < -0.3 is 5.32 Å². The van der Waals surface area contributed by atoms with Crippen molar-refractivity contribution in [3.63, 3.8) is 0 Å². The van der Waals surface area contributed by atoms with E-state index in [1.54, 1.807) is 10.4 Å². The molecule has 3 atom stereocenters. The molecule has 0 bridgehead atoms. The summed E-state index contributed by atoms with van der Waals surface area (Å²) in [6.45, 7) is 11.8. The van der Waals surface area contributed by atoms with Crippen LogP contribution in [0.25, 0.3) is 0 Å². The molecule has 1 aromatic rings. The third-order valence-corrected chi connectivity index (χ3v) is 6.66. The molecule has 0 radical (unpaired) electrons. The van der Waals surface area contributed by atoms with E-state index >= 15 is 0 Å². The largest absolute Gasteiger partial charge is 0.309 e. The average molecular weight is 307 g/mol. The lowest BCUT2D eigenvalue weighted by Gasteiger charge is -2.51. The Balaban J connectivity index is 1.90. The molecule has 3 heteroatoms. The smallest absolute Gasteiger partial charge is 0.0363 e. The topological polar surface area (TPSA) is 15.3 Å². The van der Waals surface area contributed by atoms with Gasteiger partial charge in [-0.2, -0.15) is 0 Å². The predicted molar refractivity (Wildman–Crippen MR) is 92.0 cm³/mol. The zero-order valence-corrected chi connectivity index (χ0v) is 14.8. The van der Waals surface area contributed by atoms with Crippen molar-refractivity contribution < 1.29 is 0 Å². The summed E-state index contributed by atoms with van der Waals surface area (Å²) in [5, 5.41) is 6.12. The Bertz CT molecular complexity index is 481.